The topological polar surface area (TPSA) is 54.3 Å². The van der Waals surface area contributed by atoms with Crippen molar-refractivity contribution in [2.24, 2.45) is 9.98 Å². The monoisotopic (exact) mass is 383 g/mol. The number of esters is 1. The van der Waals surface area contributed by atoms with Crippen LogP contribution in [-0.2, 0) is 9.53 Å². The van der Waals surface area contributed by atoms with Gasteiger partial charge in [-0.1, -0.05) is 17.7 Å². The van der Waals surface area contributed by atoms with Crippen LogP contribution in [0.25, 0.3) is 0 Å². The van der Waals surface area contributed by atoms with Crippen LogP contribution in [0.15, 0.2) is 58.2 Å². The SMILES string of the molecule is COC(=O)[C@]1(C(F)(F)F)N=C2C=CC(C)=CN2C(c2ccc(Cl)cc2)=N1. The summed E-state index contributed by atoms with van der Waals surface area (Å²) in [6, 6.07) is 6.08. The molecule has 0 amide bonds. The summed E-state index contributed by atoms with van der Waals surface area (Å²) in [6.45, 7) is 1.78. The first kappa shape index (κ1) is 18.2. The average molecular weight is 384 g/mol. The zero-order chi connectivity index (χ0) is 19.1. The Labute approximate surface area is 152 Å². The van der Waals surface area contributed by atoms with Crippen LogP contribution in [-0.4, -0.2) is 41.5 Å². The van der Waals surface area contributed by atoms with Crippen molar-refractivity contribution >= 4 is 29.2 Å². The minimum Gasteiger partial charge on any atom is -0.465 e. The summed E-state index contributed by atoms with van der Waals surface area (Å²) in [5.41, 5.74) is -2.24. The molecule has 0 N–H and O–H groups in total. The second kappa shape index (κ2) is 6.28. The maximum absolute atomic E-state index is 13.8. The van der Waals surface area contributed by atoms with Gasteiger partial charge in [-0.2, -0.15) is 13.2 Å². The number of allylic oxidation sites excluding steroid dienone is 2. The third-order valence-corrected chi connectivity index (χ3v) is 4.07. The minimum atomic E-state index is -5.08. The normalized spacial score (nSPS) is 22.2. The molecule has 0 bridgehead atoms. The fraction of sp³-hybridized carbons (Fsp3) is 0.235. The van der Waals surface area contributed by atoms with E-state index in [9.17, 15) is 18.0 Å². The van der Waals surface area contributed by atoms with Crippen molar-refractivity contribution in [3.05, 3.63) is 58.8 Å². The molecule has 26 heavy (non-hydrogen) atoms. The van der Waals surface area contributed by atoms with Gasteiger partial charge < -0.3 is 4.74 Å². The van der Waals surface area contributed by atoms with E-state index in [-0.39, 0.29) is 11.7 Å². The van der Waals surface area contributed by atoms with E-state index in [1.165, 1.54) is 35.2 Å². The lowest BCUT2D eigenvalue weighted by molar-refractivity contribution is -0.202. The van der Waals surface area contributed by atoms with Gasteiger partial charge in [0.2, 0.25) is 0 Å². The molecule has 0 radical (unpaired) electrons. The predicted molar refractivity (Wildman–Crippen MR) is 91.0 cm³/mol. The second-order valence-electron chi connectivity index (χ2n) is 5.65. The molecule has 0 aliphatic carbocycles. The third kappa shape index (κ3) is 2.90. The van der Waals surface area contributed by atoms with E-state index >= 15 is 0 Å². The quantitative estimate of drug-likeness (QED) is 0.732. The van der Waals surface area contributed by atoms with Crippen molar-refractivity contribution in [2.75, 3.05) is 7.11 Å². The molecule has 0 aromatic heterocycles. The second-order valence-corrected chi connectivity index (χ2v) is 6.09. The number of hydrogen-bond donors (Lipinski definition) is 0. The Hall–Kier alpha value is -2.61. The molecule has 5 nitrogen and oxygen atoms in total. The van der Waals surface area contributed by atoms with Gasteiger partial charge in [-0.05, 0) is 42.8 Å². The Morgan fingerprint density at radius 1 is 1.19 bits per heavy atom. The number of nitrogens with zero attached hydrogens (tertiary/aromatic N) is 3. The number of hydrogen-bond acceptors (Lipinski definition) is 5. The van der Waals surface area contributed by atoms with E-state index < -0.39 is 17.8 Å². The maximum Gasteiger partial charge on any atom is 0.445 e. The zero-order valence-electron chi connectivity index (χ0n) is 13.7. The first-order chi connectivity index (χ1) is 12.2. The fourth-order valence-electron chi connectivity index (χ4n) is 2.54. The highest BCUT2D eigenvalue weighted by Crippen LogP contribution is 2.40. The van der Waals surface area contributed by atoms with Crippen LogP contribution in [0.5, 0.6) is 0 Å². The lowest BCUT2D eigenvalue weighted by Gasteiger charge is -2.36. The Bertz CT molecular complexity index is 872. The van der Waals surface area contributed by atoms with E-state index in [0.29, 0.717) is 10.6 Å². The molecule has 2 aliphatic heterocycles. The molecule has 0 unspecified atom stereocenters. The summed E-state index contributed by atoms with van der Waals surface area (Å²) in [6.07, 6.45) is -0.507. The van der Waals surface area contributed by atoms with Crippen LogP contribution in [0, 0.1) is 0 Å². The van der Waals surface area contributed by atoms with Gasteiger partial charge in [-0.15, -0.1) is 0 Å². The van der Waals surface area contributed by atoms with Crippen molar-refractivity contribution in [2.45, 2.75) is 18.8 Å². The summed E-state index contributed by atoms with van der Waals surface area (Å²) < 4.78 is 45.9. The van der Waals surface area contributed by atoms with Crippen LogP contribution in [0.2, 0.25) is 5.02 Å². The molecule has 2 aliphatic rings. The molecule has 1 aromatic rings. The van der Waals surface area contributed by atoms with Crippen LogP contribution in [0.1, 0.15) is 12.5 Å². The summed E-state index contributed by atoms with van der Waals surface area (Å²) in [5, 5.41) is 0.416. The molecule has 1 aromatic carbocycles. The Kier molecular flexibility index (Phi) is 4.39. The van der Waals surface area contributed by atoms with Gasteiger partial charge in [0.25, 0.3) is 0 Å². The van der Waals surface area contributed by atoms with E-state index in [0.717, 1.165) is 12.7 Å². The molecule has 9 heteroatoms. The van der Waals surface area contributed by atoms with Gasteiger partial charge in [-0.3, -0.25) is 4.90 Å². The number of alkyl halides is 3. The highest BCUT2D eigenvalue weighted by atomic mass is 35.5. The van der Waals surface area contributed by atoms with Gasteiger partial charge in [0.05, 0.1) is 7.11 Å². The number of methoxy groups -OCH3 is 1. The predicted octanol–water partition coefficient (Wildman–Crippen LogP) is 3.71. The Morgan fingerprint density at radius 2 is 1.85 bits per heavy atom. The van der Waals surface area contributed by atoms with Crippen molar-refractivity contribution < 1.29 is 22.7 Å². The average Bonchev–Trinajstić information content (AvgIpc) is 2.60. The molecule has 1 atom stereocenters. The summed E-state index contributed by atoms with van der Waals surface area (Å²) in [7, 11) is 0.862. The van der Waals surface area contributed by atoms with Crippen LogP contribution < -0.4 is 0 Å². The first-order valence-electron chi connectivity index (χ1n) is 7.44. The molecule has 0 saturated heterocycles. The molecular weight excluding hydrogens is 371 g/mol. The first-order valence-corrected chi connectivity index (χ1v) is 7.82. The number of aliphatic imine (C=N–C) groups is 2. The number of ether oxygens (including phenoxy) is 1. The summed E-state index contributed by atoms with van der Waals surface area (Å²) in [4.78, 5) is 20.8. The fourth-order valence-corrected chi connectivity index (χ4v) is 2.66. The van der Waals surface area contributed by atoms with Crippen molar-refractivity contribution in [3.63, 3.8) is 0 Å². The lowest BCUT2D eigenvalue weighted by Crippen LogP contribution is -2.55. The van der Waals surface area contributed by atoms with Crippen LogP contribution >= 0.6 is 11.6 Å². The van der Waals surface area contributed by atoms with E-state index in [2.05, 4.69) is 14.7 Å². The standard InChI is InChI=1S/C17H13ClF3N3O2/c1-10-3-8-13-22-16(15(25)26-2,17(19,20)21)23-14(24(13)9-10)11-4-6-12(18)7-5-11/h3-9H,1-2H3/t16-/m0/s1. The van der Waals surface area contributed by atoms with E-state index in [1.54, 1.807) is 19.2 Å². The summed E-state index contributed by atoms with van der Waals surface area (Å²) >= 11 is 5.86. The van der Waals surface area contributed by atoms with Crippen molar-refractivity contribution in [3.8, 4) is 0 Å². The number of carbonyl (C=O) groups is 1. The number of amidine groups is 2. The van der Waals surface area contributed by atoms with Crippen molar-refractivity contribution in [1.29, 1.82) is 0 Å². The molecule has 0 fully saturated rings. The number of rotatable bonds is 2. The van der Waals surface area contributed by atoms with E-state index in [1.807, 2.05) is 0 Å². The molecular formula is C17H13ClF3N3O2. The third-order valence-electron chi connectivity index (χ3n) is 3.81. The smallest absolute Gasteiger partial charge is 0.445 e. The molecule has 136 valence electrons. The van der Waals surface area contributed by atoms with Gasteiger partial charge in [0, 0.05) is 16.8 Å². The number of carbonyl (C=O) groups excluding carboxylic acids is 1. The minimum absolute atomic E-state index is 0.0710. The number of fused-ring (bicyclic) bond motifs is 1. The van der Waals surface area contributed by atoms with Gasteiger partial charge in [-0.25, -0.2) is 14.8 Å². The molecule has 0 saturated carbocycles. The zero-order valence-corrected chi connectivity index (χ0v) is 14.5. The van der Waals surface area contributed by atoms with Gasteiger partial charge in [0.1, 0.15) is 11.7 Å². The molecule has 2 heterocycles. The number of benzene rings is 1. The molecule has 3 rings (SSSR count). The van der Waals surface area contributed by atoms with Gasteiger partial charge >= 0.3 is 17.8 Å². The molecule has 0 spiro atoms. The largest absolute Gasteiger partial charge is 0.465 e. The maximum atomic E-state index is 13.8. The highest BCUT2D eigenvalue weighted by molar-refractivity contribution is 6.30. The van der Waals surface area contributed by atoms with Crippen LogP contribution in [0.4, 0.5) is 13.2 Å². The van der Waals surface area contributed by atoms with Gasteiger partial charge in [0.15, 0.2) is 0 Å². The van der Waals surface area contributed by atoms with E-state index in [4.69, 9.17) is 11.6 Å². The highest BCUT2D eigenvalue weighted by Gasteiger charge is 2.64. The Balaban J connectivity index is 2.27. The Morgan fingerprint density at radius 3 is 2.42 bits per heavy atom. The van der Waals surface area contributed by atoms with Crippen LogP contribution in [0.3, 0.4) is 0 Å². The number of halogens is 4. The lowest BCUT2D eigenvalue weighted by atomic mass is 10.1. The summed E-state index contributed by atoms with van der Waals surface area (Å²) in [5.74, 6) is -1.76. The van der Waals surface area contributed by atoms with Crippen molar-refractivity contribution in [1.82, 2.24) is 4.90 Å².